The Balaban J connectivity index is 1.85. The maximum atomic E-state index is 13.6. The topological polar surface area (TPSA) is 48.1 Å². The van der Waals surface area contributed by atoms with E-state index >= 15 is 0 Å². The van der Waals surface area contributed by atoms with Crippen molar-refractivity contribution in [2.45, 2.75) is 6.61 Å². The molecule has 3 aromatic rings. The number of anilines is 1. The highest BCUT2D eigenvalue weighted by molar-refractivity contribution is 7.13. The molecule has 3 nitrogen and oxygen atoms in total. The van der Waals surface area contributed by atoms with Crippen molar-refractivity contribution < 1.29 is 9.13 Å². The summed E-state index contributed by atoms with van der Waals surface area (Å²) in [5.41, 5.74) is 7.80. The number of nitrogen functional groups attached to an aromatic ring is 1. The van der Waals surface area contributed by atoms with Gasteiger partial charge in [0.2, 0.25) is 0 Å². The van der Waals surface area contributed by atoms with Gasteiger partial charge in [0.1, 0.15) is 18.2 Å². The third-order valence-corrected chi connectivity index (χ3v) is 3.70. The van der Waals surface area contributed by atoms with Crippen LogP contribution in [0.25, 0.3) is 11.3 Å². The standard InChI is InChI=1S/C16H13FN2OS/c17-13-7-3-1-5-11(13)9-20-15-8-4-2-6-12(15)14-10-21-16(18)19-14/h1-8,10H,9H2,(H2,18,19). The fraction of sp³-hybridized carbons (Fsp3) is 0.0625. The molecule has 0 aliphatic rings. The lowest BCUT2D eigenvalue weighted by molar-refractivity contribution is 0.301. The number of halogens is 1. The van der Waals surface area contributed by atoms with E-state index in [2.05, 4.69) is 4.98 Å². The molecule has 5 heteroatoms. The molecule has 2 aromatic carbocycles. The van der Waals surface area contributed by atoms with Gasteiger partial charge in [-0.25, -0.2) is 9.37 Å². The predicted octanol–water partition coefficient (Wildman–Crippen LogP) is 4.11. The Morgan fingerprint density at radius 2 is 1.86 bits per heavy atom. The minimum absolute atomic E-state index is 0.170. The van der Waals surface area contributed by atoms with Gasteiger partial charge in [-0.3, -0.25) is 0 Å². The van der Waals surface area contributed by atoms with Crippen molar-refractivity contribution in [3.8, 4) is 17.0 Å². The molecular weight excluding hydrogens is 287 g/mol. The molecule has 0 saturated heterocycles. The van der Waals surface area contributed by atoms with E-state index in [-0.39, 0.29) is 12.4 Å². The minimum atomic E-state index is -0.270. The number of hydrogen-bond donors (Lipinski definition) is 1. The highest BCUT2D eigenvalue weighted by Crippen LogP contribution is 2.31. The second-order valence-electron chi connectivity index (χ2n) is 4.45. The highest BCUT2D eigenvalue weighted by atomic mass is 32.1. The first kappa shape index (κ1) is 13.6. The number of para-hydroxylation sites is 1. The minimum Gasteiger partial charge on any atom is -0.488 e. The van der Waals surface area contributed by atoms with Crippen molar-refractivity contribution in [2.24, 2.45) is 0 Å². The van der Waals surface area contributed by atoms with Crippen LogP contribution in [-0.2, 0) is 6.61 Å². The number of thiazole rings is 1. The van der Waals surface area contributed by atoms with Crippen molar-refractivity contribution in [1.82, 2.24) is 4.98 Å². The van der Waals surface area contributed by atoms with E-state index < -0.39 is 0 Å². The van der Waals surface area contributed by atoms with Crippen LogP contribution < -0.4 is 10.5 Å². The number of rotatable bonds is 4. The van der Waals surface area contributed by atoms with Crippen LogP contribution in [0.4, 0.5) is 9.52 Å². The van der Waals surface area contributed by atoms with Gasteiger partial charge < -0.3 is 10.5 Å². The average molecular weight is 300 g/mol. The van der Waals surface area contributed by atoms with Crippen LogP contribution in [0.3, 0.4) is 0 Å². The third-order valence-electron chi connectivity index (χ3n) is 3.03. The lowest BCUT2D eigenvalue weighted by Crippen LogP contribution is -1.99. The van der Waals surface area contributed by atoms with Gasteiger partial charge in [-0.15, -0.1) is 11.3 Å². The number of aromatic nitrogens is 1. The molecule has 2 N–H and O–H groups in total. The Bertz CT molecular complexity index is 757. The molecular formula is C16H13FN2OS. The Kier molecular flexibility index (Phi) is 3.83. The summed E-state index contributed by atoms with van der Waals surface area (Å²) in [6.07, 6.45) is 0. The lowest BCUT2D eigenvalue weighted by Gasteiger charge is -2.10. The molecule has 0 spiro atoms. The fourth-order valence-corrected chi connectivity index (χ4v) is 2.55. The molecule has 0 fully saturated rings. The van der Waals surface area contributed by atoms with Crippen molar-refractivity contribution in [2.75, 3.05) is 5.73 Å². The summed E-state index contributed by atoms with van der Waals surface area (Å²) in [5.74, 6) is 0.388. The highest BCUT2D eigenvalue weighted by Gasteiger charge is 2.10. The van der Waals surface area contributed by atoms with Crippen molar-refractivity contribution in [3.05, 3.63) is 65.3 Å². The van der Waals surface area contributed by atoms with Gasteiger partial charge in [0.15, 0.2) is 5.13 Å². The van der Waals surface area contributed by atoms with E-state index in [0.29, 0.717) is 16.4 Å². The quantitative estimate of drug-likeness (QED) is 0.788. The molecule has 0 saturated carbocycles. The number of nitrogens with zero attached hydrogens (tertiary/aromatic N) is 1. The van der Waals surface area contributed by atoms with Crippen LogP contribution in [0.1, 0.15) is 5.56 Å². The summed E-state index contributed by atoms with van der Waals surface area (Å²) >= 11 is 1.38. The van der Waals surface area contributed by atoms with Crippen LogP contribution in [0.15, 0.2) is 53.9 Å². The molecule has 0 unspecified atom stereocenters. The van der Waals surface area contributed by atoms with Gasteiger partial charge in [0.05, 0.1) is 5.69 Å². The largest absolute Gasteiger partial charge is 0.488 e. The van der Waals surface area contributed by atoms with Crippen LogP contribution in [0.2, 0.25) is 0 Å². The fourth-order valence-electron chi connectivity index (χ4n) is 1.99. The normalized spacial score (nSPS) is 10.5. The first-order valence-electron chi connectivity index (χ1n) is 6.40. The third kappa shape index (κ3) is 3.03. The van der Waals surface area contributed by atoms with E-state index in [4.69, 9.17) is 10.5 Å². The summed E-state index contributed by atoms with van der Waals surface area (Å²) < 4.78 is 19.4. The van der Waals surface area contributed by atoms with Gasteiger partial charge >= 0.3 is 0 Å². The summed E-state index contributed by atoms with van der Waals surface area (Å²) in [6, 6.07) is 14.1. The van der Waals surface area contributed by atoms with Gasteiger partial charge in [-0.05, 0) is 18.2 Å². The first-order valence-corrected chi connectivity index (χ1v) is 7.28. The number of benzene rings is 2. The van der Waals surface area contributed by atoms with Gasteiger partial charge in [-0.1, -0.05) is 30.3 Å². The van der Waals surface area contributed by atoms with Crippen LogP contribution >= 0.6 is 11.3 Å². The van der Waals surface area contributed by atoms with Crippen molar-refractivity contribution >= 4 is 16.5 Å². The monoisotopic (exact) mass is 300 g/mol. The van der Waals surface area contributed by atoms with Crippen molar-refractivity contribution in [1.29, 1.82) is 0 Å². The number of ether oxygens (including phenoxy) is 1. The Morgan fingerprint density at radius 3 is 2.62 bits per heavy atom. The zero-order valence-corrected chi connectivity index (χ0v) is 11.9. The van der Waals surface area contributed by atoms with E-state index in [1.165, 1.54) is 17.4 Å². The second kappa shape index (κ2) is 5.93. The Morgan fingerprint density at radius 1 is 1.10 bits per heavy atom. The number of nitrogens with two attached hydrogens (primary N) is 1. The molecule has 1 heterocycles. The van der Waals surface area contributed by atoms with Crippen LogP contribution in [0, 0.1) is 5.82 Å². The molecule has 0 radical (unpaired) electrons. The second-order valence-corrected chi connectivity index (χ2v) is 5.34. The lowest BCUT2D eigenvalue weighted by atomic mass is 10.1. The number of hydrogen-bond acceptors (Lipinski definition) is 4. The molecule has 0 aliphatic heterocycles. The SMILES string of the molecule is Nc1nc(-c2ccccc2OCc2ccccc2F)cs1. The van der Waals surface area contributed by atoms with Crippen LogP contribution in [0.5, 0.6) is 5.75 Å². The summed E-state index contributed by atoms with van der Waals surface area (Å²) in [5, 5.41) is 2.38. The first-order chi connectivity index (χ1) is 10.2. The summed E-state index contributed by atoms with van der Waals surface area (Å²) in [6.45, 7) is 0.170. The maximum Gasteiger partial charge on any atom is 0.180 e. The van der Waals surface area contributed by atoms with Gasteiger partial charge in [-0.2, -0.15) is 0 Å². The molecule has 3 rings (SSSR count). The smallest absolute Gasteiger partial charge is 0.180 e. The molecule has 0 aliphatic carbocycles. The zero-order chi connectivity index (χ0) is 14.7. The molecule has 0 bridgehead atoms. The van der Waals surface area contributed by atoms with E-state index in [9.17, 15) is 4.39 Å². The molecule has 0 amide bonds. The zero-order valence-electron chi connectivity index (χ0n) is 11.1. The summed E-state index contributed by atoms with van der Waals surface area (Å²) in [7, 11) is 0. The van der Waals surface area contributed by atoms with E-state index in [1.807, 2.05) is 29.6 Å². The predicted molar refractivity (Wildman–Crippen MR) is 82.7 cm³/mol. The Labute approximate surface area is 125 Å². The molecule has 1 aromatic heterocycles. The van der Waals surface area contributed by atoms with Crippen molar-refractivity contribution in [3.63, 3.8) is 0 Å². The molecule has 106 valence electrons. The van der Waals surface area contributed by atoms with E-state index in [1.54, 1.807) is 18.2 Å². The molecule has 0 atom stereocenters. The van der Waals surface area contributed by atoms with Gasteiger partial charge in [0, 0.05) is 16.5 Å². The summed E-state index contributed by atoms with van der Waals surface area (Å²) in [4.78, 5) is 4.26. The maximum absolute atomic E-state index is 13.6. The van der Waals surface area contributed by atoms with Gasteiger partial charge in [0.25, 0.3) is 0 Å². The average Bonchev–Trinajstić information content (AvgIpc) is 2.93. The Hall–Kier alpha value is -2.40. The van der Waals surface area contributed by atoms with E-state index in [0.717, 1.165) is 11.3 Å². The van der Waals surface area contributed by atoms with Crippen LogP contribution in [-0.4, -0.2) is 4.98 Å². The molecule has 21 heavy (non-hydrogen) atoms.